The minimum absolute atomic E-state index is 0.277. The first-order valence-corrected chi connectivity index (χ1v) is 10.8. The van der Waals surface area contributed by atoms with Gasteiger partial charge in [0.2, 0.25) is 5.91 Å². The summed E-state index contributed by atoms with van der Waals surface area (Å²) in [5.74, 6) is -1.59. The number of esters is 2. The lowest BCUT2D eigenvalue weighted by atomic mass is 9.87. The molecule has 0 unspecified atom stereocenters. The third-order valence-corrected chi connectivity index (χ3v) is 5.97. The van der Waals surface area contributed by atoms with Crippen LogP contribution in [-0.4, -0.2) is 53.4 Å². The molecule has 7 nitrogen and oxygen atoms in total. The van der Waals surface area contributed by atoms with Crippen LogP contribution >= 0.6 is 11.6 Å². The van der Waals surface area contributed by atoms with E-state index in [1.807, 2.05) is 24.3 Å². The molecule has 1 amide bonds. The fraction of sp³-hybridized carbons (Fsp3) is 0.292. The van der Waals surface area contributed by atoms with Crippen LogP contribution in [0, 0.1) is 0 Å². The second-order valence-corrected chi connectivity index (χ2v) is 7.75. The zero-order valence-electron chi connectivity index (χ0n) is 17.8. The van der Waals surface area contributed by atoms with Gasteiger partial charge in [0, 0.05) is 23.0 Å². The second kappa shape index (κ2) is 9.04. The van der Waals surface area contributed by atoms with E-state index in [1.165, 1.54) is 12.0 Å². The molecule has 0 fully saturated rings. The Kier molecular flexibility index (Phi) is 6.19. The zero-order valence-corrected chi connectivity index (χ0v) is 18.5. The van der Waals surface area contributed by atoms with Crippen LogP contribution in [0.1, 0.15) is 40.1 Å². The van der Waals surface area contributed by atoms with Gasteiger partial charge in [-0.1, -0.05) is 30.3 Å². The Morgan fingerprint density at radius 3 is 2.50 bits per heavy atom. The van der Waals surface area contributed by atoms with Gasteiger partial charge in [0.15, 0.2) is 0 Å². The van der Waals surface area contributed by atoms with Gasteiger partial charge in [-0.25, -0.2) is 9.59 Å². The number of hydrogen-bond donors (Lipinski definition) is 1. The summed E-state index contributed by atoms with van der Waals surface area (Å²) in [6.07, 6.45) is 0.312. The first-order chi connectivity index (χ1) is 15.5. The molecule has 1 N–H and O–H groups in total. The smallest absolute Gasteiger partial charge is 0.338 e. The van der Waals surface area contributed by atoms with Crippen molar-refractivity contribution in [2.75, 3.05) is 19.6 Å². The average Bonchev–Trinajstić information content (AvgIpc) is 3.20. The number of H-pyrrole nitrogens is 1. The molecular weight excluding hydrogens is 432 g/mol. The number of aromatic nitrogens is 1. The maximum absolute atomic E-state index is 13.0. The summed E-state index contributed by atoms with van der Waals surface area (Å²) >= 11 is 5.94. The number of fused-ring (bicyclic) bond motifs is 3. The summed E-state index contributed by atoms with van der Waals surface area (Å²) in [6.45, 7) is 2.02. The number of rotatable bonds is 5. The molecular formula is C24H23ClN2O5. The number of nitrogens with one attached hydrogen (secondary N) is 1. The van der Waals surface area contributed by atoms with Gasteiger partial charge >= 0.3 is 11.9 Å². The molecule has 3 aromatic rings. The van der Waals surface area contributed by atoms with E-state index in [0.29, 0.717) is 12.0 Å². The Hall–Kier alpha value is -3.32. The van der Waals surface area contributed by atoms with E-state index >= 15 is 0 Å². The normalized spacial score (nSPS) is 17.7. The van der Waals surface area contributed by atoms with Gasteiger partial charge in [0.25, 0.3) is 0 Å². The SMILES string of the molecule is CCOC(=O)c1ccc([C@@H]2c3[nH]c4ccccc4c3C[C@H](C(=O)OC)N2C(=O)CCl)cc1. The first kappa shape index (κ1) is 21.9. The number of alkyl halides is 1. The maximum atomic E-state index is 13.0. The summed E-state index contributed by atoms with van der Waals surface area (Å²) < 4.78 is 10.1. The molecule has 0 saturated heterocycles. The van der Waals surface area contributed by atoms with Gasteiger partial charge in [-0.3, -0.25) is 4.79 Å². The lowest BCUT2D eigenvalue weighted by Gasteiger charge is -2.40. The topological polar surface area (TPSA) is 88.7 Å². The Bertz CT molecular complexity index is 1170. The number of amides is 1. The molecule has 0 bridgehead atoms. The third-order valence-electron chi connectivity index (χ3n) is 5.74. The average molecular weight is 455 g/mol. The quantitative estimate of drug-likeness (QED) is 0.470. The number of carbonyl (C=O) groups is 3. The van der Waals surface area contributed by atoms with Crippen molar-refractivity contribution in [1.29, 1.82) is 0 Å². The van der Waals surface area contributed by atoms with Crippen LogP contribution in [0.15, 0.2) is 48.5 Å². The number of halogens is 1. The van der Waals surface area contributed by atoms with Crippen molar-refractivity contribution in [1.82, 2.24) is 9.88 Å². The predicted molar refractivity (Wildman–Crippen MR) is 120 cm³/mol. The minimum Gasteiger partial charge on any atom is -0.467 e. The van der Waals surface area contributed by atoms with E-state index in [9.17, 15) is 14.4 Å². The van der Waals surface area contributed by atoms with Crippen LogP contribution in [-0.2, 0) is 25.5 Å². The highest BCUT2D eigenvalue weighted by Gasteiger charge is 2.43. The van der Waals surface area contributed by atoms with Crippen molar-refractivity contribution >= 4 is 40.3 Å². The van der Waals surface area contributed by atoms with Gasteiger partial charge in [-0.2, -0.15) is 0 Å². The molecule has 0 aliphatic carbocycles. The molecule has 1 aromatic heterocycles. The Morgan fingerprint density at radius 2 is 1.84 bits per heavy atom. The Morgan fingerprint density at radius 1 is 1.12 bits per heavy atom. The molecule has 4 rings (SSSR count). The molecule has 32 heavy (non-hydrogen) atoms. The lowest BCUT2D eigenvalue weighted by Crippen LogP contribution is -2.52. The fourth-order valence-electron chi connectivity index (χ4n) is 4.35. The number of nitrogens with zero attached hydrogens (tertiary/aromatic N) is 1. The van der Waals surface area contributed by atoms with Crippen molar-refractivity contribution in [2.24, 2.45) is 0 Å². The monoisotopic (exact) mass is 454 g/mol. The molecule has 2 aromatic carbocycles. The van der Waals surface area contributed by atoms with Crippen molar-refractivity contribution in [3.63, 3.8) is 0 Å². The van der Waals surface area contributed by atoms with Gasteiger partial charge in [0.05, 0.1) is 25.3 Å². The summed E-state index contributed by atoms with van der Waals surface area (Å²) in [5, 5.41) is 0.988. The number of carbonyl (C=O) groups excluding carboxylic acids is 3. The molecule has 1 aliphatic heterocycles. The summed E-state index contributed by atoms with van der Waals surface area (Å²) in [6, 6.07) is 13.2. The van der Waals surface area contributed by atoms with Crippen LogP contribution in [0.4, 0.5) is 0 Å². The highest BCUT2D eigenvalue weighted by atomic mass is 35.5. The molecule has 0 spiro atoms. The molecule has 1 aliphatic rings. The minimum atomic E-state index is -0.826. The molecule has 0 saturated carbocycles. The highest BCUT2D eigenvalue weighted by Crippen LogP contribution is 2.41. The second-order valence-electron chi connectivity index (χ2n) is 7.49. The molecule has 8 heteroatoms. The number of aromatic amines is 1. The molecule has 2 heterocycles. The largest absolute Gasteiger partial charge is 0.467 e. The van der Waals surface area contributed by atoms with Crippen LogP contribution < -0.4 is 0 Å². The molecule has 166 valence electrons. The number of methoxy groups -OCH3 is 1. The van der Waals surface area contributed by atoms with Crippen molar-refractivity contribution in [2.45, 2.75) is 25.4 Å². The molecule has 0 radical (unpaired) electrons. The zero-order chi connectivity index (χ0) is 22.8. The van der Waals surface area contributed by atoms with E-state index in [1.54, 1.807) is 31.2 Å². The van der Waals surface area contributed by atoms with Crippen molar-refractivity contribution < 1.29 is 23.9 Å². The number of benzene rings is 2. The van der Waals surface area contributed by atoms with Crippen molar-refractivity contribution in [3.8, 4) is 0 Å². The third kappa shape index (κ3) is 3.73. The standard InChI is InChI=1S/C24H23ClN2O5/c1-3-32-23(29)15-10-8-14(9-11-15)22-21-17(16-6-4-5-7-18(16)26-21)12-19(24(30)31-2)27(22)20(28)13-25/h4-11,19,22,26H,3,12-13H2,1-2H3/t19-,22-/m1/s1. The van der Waals surface area contributed by atoms with Gasteiger partial charge in [-0.05, 0) is 36.2 Å². The van der Waals surface area contributed by atoms with E-state index in [4.69, 9.17) is 21.1 Å². The van der Waals surface area contributed by atoms with Gasteiger partial charge < -0.3 is 19.4 Å². The van der Waals surface area contributed by atoms with Crippen LogP contribution in [0.3, 0.4) is 0 Å². The summed E-state index contributed by atoms with van der Waals surface area (Å²) in [4.78, 5) is 42.7. The van der Waals surface area contributed by atoms with E-state index in [0.717, 1.165) is 27.7 Å². The van der Waals surface area contributed by atoms with Crippen LogP contribution in [0.5, 0.6) is 0 Å². The maximum Gasteiger partial charge on any atom is 0.338 e. The first-order valence-electron chi connectivity index (χ1n) is 10.3. The number of hydrogen-bond acceptors (Lipinski definition) is 5. The van der Waals surface area contributed by atoms with E-state index in [2.05, 4.69) is 4.98 Å². The van der Waals surface area contributed by atoms with Crippen LogP contribution in [0.25, 0.3) is 10.9 Å². The van der Waals surface area contributed by atoms with Gasteiger partial charge in [0.1, 0.15) is 11.9 Å². The van der Waals surface area contributed by atoms with E-state index in [-0.39, 0.29) is 18.4 Å². The van der Waals surface area contributed by atoms with Crippen LogP contribution in [0.2, 0.25) is 0 Å². The van der Waals surface area contributed by atoms with E-state index < -0.39 is 24.0 Å². The summed E-state index contributed by atoms with van der Waals surface area (Å²) in [5.41, 5.74) is 3.82. The van der Waals surface area contributed by atoms with Crippen molar-refractivity contribution in [3.05, 3.63) is 70.9 Å². The van der Waals surface area contributed by atoms with Gasteiger partial charge in [-0.15, -0.1) is 11.6 Å². The fourth-order valence-corrected chi connectivity index (χ4v) is 4.49. The number of para-hydroxylation sites is 1. The number of ether oxygens (including phenoxy) is 2. The predicted octanol–water partition coefficient (Wildman–Crippen LogP) is 3.60. The Balaban J connectivity index is 1.89. The summed E-state index contributed by atoms with van der Waals surface area (Å²) in [7, 11) is 1.31. The molecule has 2 atom stereocenters. The lowest BCUT2D eigenvalue weighted by molar-refractivity contribution is -0.154. The highest BCUT2D eigenvalue weighted by molar-refractivity contribution is 6.27. The Labute approximate surface area is 190 Å².